The molecule has 0 aromatic heterocycles. The van der Waals surface area contributed by atoms with Gasteiger partial charge in [0.25, 0.3) is 0 Å². The number of ether oxygens (including phenoxy) is 1. The lowest BCUT2D eigenvalue weighted by Crippen LogP contribution is -2.46. The fraction of sp³-hybridized carbons (Fsp3) is 0.909. The lowest BCUT2D eigenvalue weighted by Gasteiger charge is -2.32. The molecule has 2 saturated heterocycles. The van der Waals surface area contributed by atoms with Crippen LogP contribution in [0.3, 0.4) is 0 Å². The average Bonchev–Trinajstić information content (AvgIpc) is 2.94. The molecular weight excluding hydrogens is 354 g/mol. The van der Waals surface area contributed by atoms with E-state index in [1.165, 1.54) is 45.2 Å². The van der Waals surface area contributed by atoms with E-state index in [9.17, 15) is 9.59 Å². The van der Waals surface area contributed by atoms with E-state index in [0.29, 0.717) is 26.2 Å². The predicted octanol–water partition coefficient (Wildman–Crippen LogP) is 2.38. The molecule has 0 aromatic carbocycles. The Bertz CT molecular complexity index is 499. The Hall–Kier alpha value is -1.14. The summed E-state index contributed by atoms with van der Waals surface area (Å²) in [5.74, 6) is 0.987. The van der Waals surface area contributed by atoms with Crippen LogP contribution in [0.1, 0.15) is 58.3 Å². The van der Waals surface area contributed by atoms with Crippen molar-refractivity contribution in [3.63, 3.8) is 0 Å². The molecule has 6 heteroatoms. The van der Waals surface area contributed by atoms with Crippen molar-refractivity contribution >= 4 is 11.9 Å². The van der Waals surface area contributed by atoms with Crippen molar-refractivity contribution < 1.29 is 14.3 Å². The molecule has 3 rings (SSSR count). The molecule has 2 heterocycles. The molecule has 0 aromatic rings. The number of hydrogen-bond donors (Lipinski definition) is 0. The van der Waals surface area contributed by atoms with Crippen molar-refractivity contribution in [1.82, 2.24) is 14.7 Å². The van der Waals surface area contributed by atoms with Gasteiger partial charge in [0.05, 0.1) is 19.1 Å². The zero-order valence-corrected chi connectivity index (χ0v) is 17.7. The van der Waals surface area contributed by atoms with Crippen LogP contribution in [-0.4, -0.2) is 85.5 Å². The Balaban J connectivity index is 1.37. The van der Waals surface area contributed by atoms with E-state index in [4.69, 9.17) is 4.74 Å². The van der Waals surface area contributed by atoms with Crippen molar-refractivity contribution in [2.24, 2.45) is 11.8 Å². The lowest BCUT2D eigenvalue weighted by atomic mass is 9.89. The molecule has 3 aliphatic rings. The number of carbonyl (C=O) groups excluding carboxylic acids is 2. The topological polar surface area (TPSA) is 53.1 Å². The first kappa shape index (κ1) is 21.6. The third-order valence-corrected chi connectivity index (χ3v) is 6.75. The second-order valence-electron chi connectivity index (χ2n) is 8.84. The van der Waals surface area contributed by atoms with Crippen LogP contribution in [0, 0.1) is 11.8 Å². The molecule has 0 atom stereocenters. The van der Waals surface area contributed by atoms with Crippen LogP contribution in [-0.2, 0) is 14.3 Å². The monoisotopic (exact) mass is 393 g/mol. The summed E-state index contributed by atoms with van der Waals surface area (Å²) in [6.07, 6.45) is 9.67. The number of esters is 1. The second kappa shape index (κ2) is 11.1. The molecule has 1 amide bonds. The van der Waals surface area contributed by atoms with Gasteiger partial charge in [-0.3, -0.25) is 14.5 Å². The van der Waals surface area contributed by atoms with Gasteiger partial charge in [0.1, 0.15) is 0 Å². The van der Waals surface area contributed by atoms with E-state index in [0.717, 1.165) is 44.8 Å². The quantitative estimate of drug-likeness (QED) is 0.649. The van der Waals surface area contributed by atoms with E-state index in [2.05, 4.69) is 9.80 Å². The molecule has 0 radical (unpaired) electrons. The maximum absolute atomic E-state index is 12.7. The Morgan fingerprint density at radius 2 is 1.50 bits per heavy atom. The summed E-state index contributed by atoms with van der Waals surface area (Å²) in [7, 11) is 0. The summed E-state index contributed by atoms with van der Waals surface area (Å²) < 4.78 is 5.12. The maximum atomic E-state index is 12.7. The number of likely N-dealkylation sites (tertiary alicyclic amines) is 1. The highest BCUT2D eigenvalue weighted by molar-refractivity contribution is 5.79. The van der Waals surface area contributed by atoms with Crippen molar-refractivity contribution in [1.29, 1.82) is 0 Å². The minimum atomic E-state index is -0.0971. The molecule has 0 bridgehead atoms. The standard InChI is InChI=1S/C22H39N3O3/c1-2-28-22(27)20-9-13-25(14-10-20)21(26)18-24-12-6-11-23(15-16-24)17-19-7-4-3-5-8-19/h19-20H,2-18H2,1H3. The number of rotatable bonds is 6. The molecule has 6 nitrogen and oxygen atoms in total. The van der Waals surface area contributed by atoms with E-state index in [1.807, 2.05) is 11.8 Å². The zero-order valence-electron chi connectivity index (χ0n) is 17.7. The van der Waals surface area contributed by atoms with Crippen molar-refractivity contribution in [3.05, 3.63) is 0 Å². The summed E-state index contributed by atoms with van der Waals surface area (Å²) >= 11 is 0. The third-order valence-electron chi connectivity index (χ3n) is 6.75. The smallest absolute Gasteiger partial charge is 0.309 e. The Morgan fingerprint density at radius 1 is 0.821 bits per heavy atom. The van der Waals surface area contributed by atoms with Gasteiger partial charge in [-0.2, -0.15) is 0 Å². The molecule has 1 saturated carbocycles. The van der Waals surface area contributed by atoms with Crippen LogP contribution in [0.25, 0.3) is 0 Å². The van der Waals surface area contributed by atoms with Gasteiger partial charge in [0, 0.05) is 32.7 Å². The van der Waals surface area contributed by atoms with Crippen molar-refractivity contribution in [2.75, 3.05) is 59.0 Å². The van der Waals surface area contributed by atoms with E-state index in [-0.39, 0.29) is 17.8 Å². The Kier molecular flexibility index (Phi) is 8.59. The summed E-state index contributed by atoms with van der Waals surface area (Å²) in [4.78, 5) is 31.5. The Labute approximate surface area is 170 Å². The summed E-state index contributed by atoms with van der Waals surface area (Å²) in [5.41, 5.74) is 0. The zero-order chi connectivity index (χ0) is 19.8. The van der Waals surface area contributed by atoms with Gasteiger partial charge < -0.3 is 14.5 Å². The third kappa shape index (κ3) is 6.45. The predicted molar refractivity (Wildman–Crippen MR) is 110 cm³/mol. The van der Waals surface area contributed by atoms with Gasteiger partial charge in [-0.1, -0.05) is 19.3 Å². The van der Waals surface area contributed by atoms with Crippen LogP contribution in [0.15, 0.2) is 0 Å². The minimum Gasteiger partial charge on any atom is -0.466 e. The summed E-state index contributed by atoms with van der Waals surface area (Å²) in [6.45, 7) is 9.71. The molecule has 0 spiro atoms. The molecule has 2 aliphatic heterocycles. The lowest BCUT2D eigenvalue weighted by molar-refractivity contribution is -0.151. The normalized spacial score (nSPS) is 24.1. The van der Waals surface area contributed by atoms with Gasteiger partial charge in [-0.15, -0.1) is 0 Å². The SMILES string of the molecule is CCOC(=O)C1CCN(C(=O)CN2CCCN(CC3CCCCC3)CC2)CC1. The fourth-order valence-electron chi connectivity index (χ4n) is 5.02. The van der Waals surface area contributed by atoms with Crippen molar-refractivity contribution in [2.45, 2.75) is 58.3 Å². The molecular formula is C22H39N3O3. The molecule has 0 N–H and O–H groups in total. The number of nitrogens with zero attached hydrogens (tertiary/aromatic N) is 3. The minimum absolute atomic E-state index is 0.0319. The van der Waals surface area contributed by atoms with Crippen LogP contribution < -0.4 is 0 Å². The van der Waals surface area contributed by atoms with Gasteiger partial charge >= 0.3 is 5.97 Å². The first-order valence-electron chi connectivity index (χ1n) is 11.5. The average molecular weight is 394 g/mol. The highest BCUT2D eigenvalue weighted by Gasteiger charge is 2.29. The number of amides is 1. The number of carbonyl (C=O) groups is 2. The van der Waals surface area contributed by atoms with E-state index >= 15 is 0 Å². The maximum Gasteiger partial charge on any atom is 0.309 e. The van der Waals surface area contributed by atoms with Crippen LogP contribution >= 0.6 is 0 Å². The Morgan fingerprint density at radius 3 is 2.21 bits per heavy atom. The summed E-state index contributed by atoms with van der Waals surface area (Å²) in [5, 5.41) is 0. The van der Waals surface area contributed by atoms with E-state index in [1.54, 1.807) is 0 Å². The van der Waals surface area contributed by atoms with Crippen LogP contribution in [0.4, 0.5) is 0 Å². The van der Waals surface area contributed by atoms with Gasteiger partial charge in [0.15, 0.2) is 0 Å². The van der Waals surface area contributed by atoms with Gasteiger partial charge in [-0.05, 0) is 58.0 Å². The highest BCUT2D eigenvalue weighted by Crippen LogP contribution is 2.25. The van der Waals surface area contributed by atoms with Gasteiger partial charge in [0.2, 0.25) is 5.91 Å². The van der Waals surface area contributed by atoms with Crippen LogP contribution in [0.5, 0.6) is 0 Å². The van der Waals surface area contributed by atoms with Crippen LogP contribution in [0.2, 0.25) is 0 Å². The first-order chi connectivity index (χ1) is 13.7. The fourth-order valence-corrected chi connectivity index (χ4v) is 5.02. The molecule has 28 heavy (non-hydrogen) atoms. The molecule has 0 unspecified atom stereocenters. The van der Waals surface area contributed by atoms with Crippen molar-refractivity contribution in [3.8, 4) is 0 Å². The summed E-state index contributed by atoms with van der Waals surface area (Å²) in [6, 6.07) is 0. The largest absolute Gasteiger partial charge is 0.466 e. The van der Waals surface area contributed by atoms with E-state index < -0.39 is 0 Å². The molecule has 160 valence electrons. The molecule has 1 aliphatic carbocycles. The van der Waals surface area contributed by atoms with Gasteiger partial charge in [-0.25, -0.2) is 0 Å². The highest BCUT2D eigenvalue weighted by atomic mass is 16.5. The number of piperidine rings is 1. The second-order valence-corrected chi connectivity index (χ2v) is 8.84. The molecule has 3 fully saturated rings. The number of hydrogen-bond acceptors (Lipinski definition) is 5. The first-order valence-corrected chi connectivity index (χ1v) is 11.5.